The molecule has 0 radical (unpaired) electrons. The van der Waals surface area contributed by atoms with Crippen LogP contribution in [0, 0.1) is 0 Å². The van der Waals surface area contributed by atoms with Crippen molar-refractivity contribution in [2.45, 2.75) is 6.92 Å². The van der Waals surface area contributed by atoms with Crippen molar-refractivity contribution in [3.63, 3.8) is 0 Å². The van der Waals surface area contributed by atoms with E-state index in [0.717, 1.165) is 0 Å². The SMILES string of the molecule is CCOC(=O)c1ccccc1O.[Ni]. The van der Waals surface area contributed by atoms with Gasteiger partial charge in [-0.15, -0.1) is 0 Å². The minimum absolute atomic E-state index is 0. The maximum Gasteiger partial charge on any atom is 0.341 e. The van der Waals surface area contributed by atoms with E-state index in [1.807, 2.05) is 0 Å². The fourth-order valence-electron chi connectivity index (χ4n) is 0.855. The molecule has 0 amide bonds. The first-order valence-electron chi connectivity index (χ1n) is 3.70. The molecule has 0 aliphatic rings. The Morgan fingerprint density at radius 3 is 2.62 bits per heavy atom. The molecular weight excluding hydrogens is 215 g/mol. The third-order valence-corrected chi connectivity index (χ3v) is 1.40. The average Bonchev–Trinajstić information content (AvgIpc) is 2.05. The minimum atomic E-state index is -0.490. The van der Waals surface area contributed by atoms with Gasteiger partial charge in [-0.25, -0.2) is 4.79 Å². The number of aromatic hydroxyl groups is 1. The summed E-state index contributed by atoms with van der Waals surface area (Å²) in [7, 11) is 0. The Morgan fingerprint density at radius 1 is 1.46 bits per heavy atom. The zero-order valence-corrected chi connectivity index (χ0v) is 8.08. The van der Waals surface area contributed by atoms with Gasteiger partial charge in [0.15, 0.2) is 0 Å². The predicted molar refractivity (Wildman–Crippen MR) is 44.1 cm³/mol. The predicted octanol–water partition coefficient (Wildman–Crippen LogP) is 1.57. The summed E-state index contributed by atoms with van der Waals surface area (Å²) in [6.07, 6.45) is 0. The molecule has 0 saturated heterocycles. The zero-order chi connectivity index (χ0) is 8.97. The number of benzene rings is 1. The average molecular weight is 225 g/mol. The van der Waals surface area contributed by atoms with Gasteiger partial charge in [-0.05, 0) is 19.1 Å². The summed E-state index contributed by atoms with van der Waals surface area (Å²) in [6.45, 7) is 2.03. The molecular formula is C9H10NiO3. The van der Waals surface area contributed by atoms with E-state index in [0.29, 0.717) is 6.61 Å². The van der Waals surface area contributed by atoms with E-state index in [1.165, 1.54) is 12.1 Å². The number of phenols is 1. The third-order valence-electron chi connectivity index (χ3n) is 1.40. The summed E-state index contributed by atoms with van der Waals surface area (Å²) >= 11 is 0. The number of ether oxygens (including phenoxy) is 1. The van der Waals surface area contributed by atoms with Crippen LogP contribution in [0.4, 0.5) is 0 Å². The van der Waals surface area contributed by atoms with E-state index in [-0.39, 0.29) is 27.8 Å². The molecule has 0 aliphatic carbocycles. The van der Waals surface area contributed by atoms with Gasteiger partial charge >= 0.3 is 5.97 Å². The Hall–Kier alpha value is -1.02. The van der Waals surface area contributed by atoms with Gasteiger partial charge in [-0.1, -0.05) is 12.1 Å². The van der Waals surface area contributed by atoms with Crippen molar-refractivity contribution in [3.8, 4) is 5.75 Å². The second kappa shape index (κ2) is 5.60. The zero-order valence-electron chi connectivity index (χ0n) is 7.10. The van der Waals surface area contributed by atoms with Crippen LogP contribution < -0.4 is 0 Å². The van der Waals surface area contributed by atoms with Crippen molar-refractivity contribution in [1.82, 2.24) is 0 Å². The van der Waals surface area contributed by atoms with Crippen LogP contribution in [0.1, 0.15) is 17.3 Å². The van der Waals surface area contributed by atoms with Crippen LogP contribution >= 0.6 is 0 Å². The maximum atomic E-state index is 11.1. The van der Waals surface area contributed by atoms with Crippen LogP contribution in [-0.2, 0) is 21.2 Å². The van der Waals surface area contributed by atoms with Gasteiger partial charge in [0.1, 0.15) is 11.3 Å². The molecule has 0 aromatic heterocycles. The van der Waals surface area contributed by atoms with Crippen molar-refractivity contribution >= 4 is 5.97 Å². The molecule has 0 heterocycles. The molecule has 1 aromatic rings. The van der Waals surface area contributed by atoms with Crippen molar-refractivity contribution in [1.29, 1.82) is 0 Å². The summed E-state index contributed by atoms with van der Waals surface area (Å²) in [4.78, 5) is 11.1. The Labute approximate surface area is 86.6 Å². The molecule has 0 saturated carbocycles. The Balaban J connectivity index is 0.00000144. The minimum Gasteiger partial charge on any atom is -0.507 e. The molecule has 4 heteroatoms. The Kier molecular flexibility index (Phi) is 5.16. The van der Waals surface area contributed by atoms with Gasteiger partial charge in [0.05, 0.1) is 6.61 Å². The molecule has 0 fully saturated rings. The maximum absolute atomic E-state index is 11.1. The molecule has 74 valence electrons. The molecule has 0 spiro atoms. The summed E-state index contributed by atoms with van der Waals surface area (Å²) in [5.41, 5.74) is 0.208. The van der Waals surface area contributed by atoms with Gasteiger partial charge in [-0.3, -0.25) is 0 Å². The second-order valence-corrected chi connectivity index (χ2v) is 2.24. The Morgan fingerprint density at radius 2 is 2.08 bits per heavy atom. The van der Waals surface area contributed by atoms with Gasteiger partial charge < -0.3 is 9.84 Å². The number of hydrogen-bond acceptors (Lipinski definition) is 3. The fourth-order valence-corrected chi connectivity index (χ4v) is 0.855. The number of esters is 1. The topological polar surface area (TPSA) is 46.5 Å². The van der Waals surface area contributed by atoms with Gasteiger partial charge in [0.25, 0.3) is 0 Å². The molecule has 0 unspecified atom stereocenters. The van der Waals surface area contributed by atoms with Gasteiger partial charge in [0.2, 0.25) is 0 Å². The standard InChI is InChI=1S/C9H10O3.Ni/c1-2-12-9(11)7-5-3-4-6-8(7)10;/h3-6,10H,2H2,1H3;. The van der Waals surface area contributed by atoms with Crippen molar-refractivity contribution in [2.75, 3.05) is 6.61 Å². The number of carbonyl (C=O) groups is 1. The van der Waals surface area contributed by atoms with Gasteiger partial charge in [-0.2, -0.15) is 0 Å². The number of hydrogen-bond donors (Lipinski definition) is 1. The van der Waals surface area contributed by atoms with Crippen LogP contribution in [0.5, 0.6) is 5.75 Å². The first-order valence-corrected chi connectivity index (χ1v) is 3.70. The molecule has 1 rings (SSSR count). The third kappa shape index (κ3) is 3.07. The summed E-state index contributed by atoms with van der Waals surface area (Å²) in [5.74, 6) is -0.536. The van der Waals surface area contributed by atoms with Crippen LogP contribution in [-0.4, -0.2) is 17.7 Å². The van der Waals surface area contributed by atoms with Crippen molar-refractivity contribution in [3.05, 3.63) is 29.8 Å². The molecule has 1 aromatic carbocycles. The van der Waals surface area contributed by atoms with Crippen LogP contribution in [0.2, 0.25) is 0 Å². The number of carbonyl (C=O) groups excluding carboxylic acids is 1. The van der Waals surface area contributed by atoms with E-state index in [4.69, 9.17) is 4.74 Å². The number of rotatable bonds is 2. The fraction of sp³-hybridized carbons (Fsp3) is 0.222. The smallest absolute Gasteiger partial charge is 0.341 e. The van der Waals surface area contributed by atoms with E-state index in [2.05, 4.69) is 0 Å². The van der Waals surface area contributed by atoms with E-state index < -0.39 is 5.97 Å². The van der Waals surface area contributed by atoms with Crippen LogP contribution in [0.3, 0.4) is 0 Å². The van der Waals surface area contributed by atoms with Crippen molar-refractivity contribution in [2.24, 2.45) is 0 Å². The number of para-hydroxylation sites is 1. The summed E-state index contributed by atoms with van der Waals surface area (Å²) in [5, 5.41) is 9.21. The second-order valence-electron chi connectivity index (χ2n) is 2.24. The molecule has 13 heavy (non-hydrogen) atoms. The molecule has 0 bridgehead atoms. The summed E-state index contributed by atoms with van der Waals surface area (Å²) in [6, 6.07) is 6.30. The number of phenolic OH excluding ortho intramolecular Hbond substituents is 1. The largest absolute Gasteiger partial charge is 0.507 e. The van der Waals surface area contributed by atoms with E-state index >= 15 is 0 Å². The molecule has 0 atom stereocenters. The van der Waals surface area contributed by atoms with E-state index in [1.54, 1.807) is 19.1 Å². The molecule has 1 N–H and O–H groups in total. The van der Waals surface area contributed by atoms with E-state index in [9.17, 15) is 9.90 Å². The van der Waals surface area contributed by atoms with Crippen LogP contribution in [0.25, 0.3) is 0 Å². The quantitative estimate of drug-likeness (QED) is 0.613. The monoisotopic (exact) mass is 224 g/mol. The summed E-state index contributed by atoms with van der Waals surface area (Å²) < 4.78 is 4.71. The molecule has 3 nitrogen and oxygen atoms in total. The van der Waals surface area contributed by atoms with Crippen molar-refractivity contribution < 1.29 is 31.1 Å². The molecule has 0 aliphatic heterocycles. The van der Waals surface area contributed by atoms with Crippen LogP contribution in [0.15, 0.2) is 24.3 Å². The normalized spacial score (nSPS) is 8.69. The van der Waals surface area contributed by atoms with Gasteiger partial charge in [0, 0.05) is 16.5 Å². The first-order chi connectivity index (χ1) is 5.75. The first kappa shape index (κ1) is 12.0. The Bertz CT molecular complexity index is 286.